The van der Waals surface area contributed by atoms with Crippen molar-refractivity contribution in [3.05, 3.63) is 54.8 Å². The molecule has 18 heavy (non-hydrogen) atoms. The second-order valence-corrected chi connectivity index (χ2v) is 3.66. The summed E-state index contributed by atoms with van der Waals surface area (Å²) in [5.74, 6) is -0.375. The van der Waals surface area contributed by atoms with Crippen LogP contribution < -0.4 is 0 Å². The van der Waals surface area contributed by atoms with Crippen LogP contribution in [0.2, 0.25) is 0 Å². The Morgan fingerprint density at radius 3 is 2.61 bits per heavy atom. The van der Waals surface area contributed by atoms with Gasteiger partial charge >= 0.3 is 5.97 Å². The van der Waals surface area contributed by atoms with Gasteiger partial charge in [-0.15, -0.1) is 0 Å². The van der Waals surface area contributed by atoms with Crippen molar-refractivity contribution >= 4 is 12.0 Å². The lowest BCUT2D eigenvalue weighted by molar-refractivity contribution is -0.137. The van der Waals surface area contributed by atoms with Crippen molar-refractivity contribution in [1.82, 2.24) is 0 Å². The van der Waals surface area contributed by atoms with Crippen LogP contribution in [-0.2, 0) is 14.3 Å². The van der Waals surface area contributed by atoms with E-state index in [0.29, 0.717) is 13.2 Å². The molecule has 0 aromatic heterocycles. The first-order valence-electron chi connectivity index (χ1n) is 5.95. The maximum atomic E-state index is 10.7. The van der Waals surface area contributed by atoms with Crippen LogP contribution in [0.15, 0.2) is 49.2 Å². The Kier molecular flexibility index (Phi) is 7.05. The predicted octanol–water partition coefficient (Wildman–Crippen LogP) is 3.18. The van der Waals surface area contributed by atoms with Crippen LogP contribution in [-0.4, -0.2) is 19.2 Å². The Balaban J connectivity index is 2.00. The summed E-state index contributed by atoms with van der Waals surface area (Å²) in [6, 6.07) is 9.95. The van der Waals surface area contributed by atoms with Crippen molar-refractivity contribution in [3.63, 3.8) is 0 Å². The molecule has 1 aromatic rings. The third-order valence-electron chi connectivity index (χ3n) is 2.22. The second kappa shape index (κ2) is 9.05. The fourth-order valence-electron chi connectivity index (χ4n) is 1.28. The molecule has 0 amide bonds. The number of carbonyl (C=O) groups excluding carboxylic acids is 1. The van der Waals surface area contributed by atoms with E-state index in [-0.39, 0.29) is 5.97 Å². The number of esters is 1. The first-order chi connectivity index (χ1) is 8.83. The largest absolute Gasteiger partial charge is 0.501 e. The smallest absolute Gasteiger partial charge is 0.330 e. The molecule has 1 rings (SSSR count). The van der Waals surface area contributed by atoms with Gasteiger partial charge in [0, 0.05) is 6.08 Å². The SMILES string of the molecule is C=CC(=O)OCCCCOC=Cc1ccccc1. The highest BCUT2D eigenvalue weighted by Gasteiger charge is 1.94. The second-order valence-electron chi connectivity index (χ2n) is 3.66. The van der Waals surface area contributed by atoms with Crippen LogP contribution in [0.25, 0.3) is 6.08 Å². The van der Waals surface area contributed by atoms with Crippen molar-refractivity contribution in [3.8, 4) is 0 Å². The van der Waals surface area contributed by atoms with Crippen molar-refractivity contribution in [2.45, 2.75) is 12.8 Å². The number of unbranched alkanes of at least 4 members (excludes halogenated alkanes) is 1. The third kappa shape index (κ3) is 6.53. The van der Waals surface area contributed by atoms with E-state index < -0.39 is 0 Å². The quantitative estimate of drug-likeness (QED) is 0.306. The normalized spacial score (nSPS) is 10.2. The Labute approximate surface area is 108 Å². The molecule has 0 aliphatic heterocycles. The molecule has 0 saturated heterocycles. The zero-order chi connectivity index (χ0) is 13.1. The van der Waals surface area contributed by atoms with Gasteiger partial charge in [0.2, 0.25) is 0 Å². The first kappa shape index (κ1) is 14.0. The summed E-state index contributed by atoms with van der Waals surface area (Å²) in [4.78, 5) is 10.7. The van der Waals surface area contributed by atoms with Gasteiger partial charge in [0.25, 0.3) is 0 Å². The van der Waals surface area contributed by atoms with Gasteiger partial charge < -0.3 is 9.47 Å². The molecule has 3 nitrogen and oxygen atoms in total. The number of ether oxygens (including phenoxy) is 2. The van der Waals surface area contributed by atoms with Crippen molar-refractivity contribution in [2.75, 3.05) is 13.2 Å². The van der Waals surface area contributed by atoms with E-state index >= 15 is 0 Å². The highest BCUT2D eigenvalue weighted by Crippen LogP contribution is 2.01. The minimum atomic E-state index is -0.375. The molecule has 0 unspecified atom stereocenters. The van der Waals surface area contributed by atoms with Gasteiger partial charge in [-0.2, -0.15) is 0 Å². The van der Waals surface area contributed by atoms with Crippen molar-refractivity contribution in [2.24, 2.45) is 0 Å². The van der Waals surface area contributed by atoms with Gasteiger partial charge in [-0.05, 0) is 24.5 Å². The van der Waals surface area contributed by atoms with E-state index in [1.165, 1.54) is 6.08 Å². The Morgan fingerprint density at radius 1 is 1.17 bits per heavy atom. The number of hydrogen-bond donors (Lipinski definition) is 0. The van der Waals surface area contributed by atoms with E-state index in [4.69, 9.17) is 9.47 Å². The van der Waals surface area contributed by atoms with Gasteiger partial charge in [0.1, 0.15) is 0 Å². The number of benzene rings is 1. The lowest BCUT2D eigenvalue weighted by Gasteiger charge is -2.02. The molecule has 0 atom stereocenters. The monoisotopic (exact) mass is 246 g/mol. The maximum Gasteiger partial charge on any atom is 0.330 e. The zero-order valence-corrected chi connectivity index (χ0v) is 10.4. The minimum absolute atomic E-state index is 0.375. The lowest BCUT2D eigenvalue weighted by atomic mass is 10.2. The molecule has 0 bridgehead atoms. The summed E-state index contributed by atoms with van der Waals surface area (Å²) in [6.07, 6.45) is 6.41. The molecule has 0 aliphatic rings. The van der Waals surface area contributed by atoms with Gasteiger partial charge in [-0.3, -0.25) is 0 Å². The summed E-state index contributed by atoms with van der Waals surface area (Å²) in [6.45, 7) is 4.35. The molecule has 0 aliphatic carbocycles. The van der Waals surface area contributed by atoms with E-state index in [0.717, 1.165) is 18.4 Å². The van der Waals surface area contributed by atoms with Crippen molar-refractivity contribution < 1.29 is 14.3 Å². The number of hydrogen-bond acceptors (Lipinski definition) is 3. The third-order valence-corrected chi connectivity index (χ3v) is 2.22. The molecule has 0 saturated carbocycles. The van der Waals surface area contributed by atoms with Crippen molar-refractivity contribution in [1.29, 1.82) is 0 Å². The molecule has 3 heteroatoms. The summed E-state index contributed by atoms with van der Waals surface area (Å²) in [5.41, 5.74) is 1.11. The summed E-state index contributed by atoms with van der Waals surface area (Å²) < 4.78 is 10.2. The summed E-state index contributed by atoms with van der Waals surface area (Å²) >= 11 is 0. The van der Waals surface area contributed by atoms with Crippen LogP contribution in [0.3, 0.4) is 0 Å². The van der Waals surface area contributed by atoms with Gasteiger partial charge in [-0.1, -0.05) is 36.9 Å². The number of carbonyl (C=O) groups is 1. The van der Waals surface area contributed by atoms with E-state index in [9.17, 15) is 4.79 Å². The van der Waals surface area contributed by atoms with Gasteiger partial charge in [-0.25, -0.2) is 4.79 Å². The summed E-state index contributed by atoms with van der Waals surface area (Å²) in [7, 11) is 0. The molecular formula is C15H18O3. The first-order valence-corrected chi connectivity index (χ1v) is 5.95. The van der Waals surface area contributed by atoms with Crippen LogP contribution in [0.1, 0.15) is 18.4 Å². The average molecular weight is 246 g/mol. The van der Waals surface area contributed by atoms with Crippen LogP contribution in [0.4, 0.5) is 0 Å². The van der Waals surface area contributed by atoms with E-state index in [2.05, 4.69) is 6.58 Å². The minimum Gasteiger partial charge on any atom is -0.501 e. The predicted molar refractivity (Wildman–Crippen MR) is 71.8 cm³/mol. The average Bonchev–Trinajstić information content (AvgIpc) is 2.42. The highest BCUT2D eigenvalue weighted by atomic mass is 16.5. The van der Waals surface area contributed by atoms with Crippen LogP contribution >= 0.6 is 0 Å². The lowest BCUT2D eigenvalue weighted by Crippen LogP contribution is -2.02. The Morgan fingerprint density at radius 2 is 1.89 bits per heavy atom. The Hall–Kier alpha value is -2.03. The molecule has 1 aromatic carbocycles. The zero-order valence-electron chi connectivity index (χ0n) is 10.4. The molecule has 0 spiro atoms. The molecule has 0 N–H and O–H groups in total. The molecule has 0 radical (unpaired) electrons. The molecule has 96 valence electrons. The number of rotatable bonds is 8. The fraction of sp³-hybridized carbons (Fsp3) is 0.267. The molecular weight excluding hydrogens is 228 g/mol. The topological polar surface area (TPSA) is 35.5 Å². The Bertz CT molecular complexity index is 382. The standard InChI is InChI=1S/C15H18O3/c1-2-15(16)18-12-7-6-11-17-13-10-14-8-4-3-5-9-14/h2-5,8-10,13H,1,6-7,11-12H2. The summed E-state index contributed by atoms with van der Waals surface area (Å²) in [5, 5.41) is 0. The van der Waals surface area contributed by atoms with E-state index in [1.807, 2.05) is 36.4 Å². The highest BCUT2D eigenvalue weighted by molar-refractivity contribution is 5.81. The van der Waals surface area contributed by atoms with Crippen LogP contribution in [0, 0.1) is 0 Å². The maximum absolute atomic E-state index is 10.7. The molecule has 0 fully saturated rings. The fourth-order valence-corrected chi connectivity index (χ4v) is 1.28. The van der Waals surface area contributed by atoms with E-state index in [1.54, 1.807) is 6.26 Å². The van der Waals surface area contributed by atoms with Gasteiger partial charge in [0.05, 0.1) is 19.5 Å². The van der Waals surface area contributed by atoms with Gasteiger partial charge in [0.15, 0.2) is 0 Å². The van der Waals surface area contributed by atoms with Crippen LogP contribution in [0.5, 0.6) is 0 Å². The molecule has 0 heterocycles.